The molecule has 0 saturated carbocycles. The molecule has 4 aromatic rings. The van der Waals surface area contributed by atoms with Crippen LogP contribution in [0.5, 0.6) is 5.75 Å². The van der Waals surface area contributed by atoms with E-state index in [1.54, 1.807) is 27.7 Å². The molecule has 0 atom stereocenters. The van der Waals surface area contributed by atoms with E-state index in [0.29, 0.717) is 12.4 Å². The third-order valence-electron chi connectivity index (χ3n) is 5.84. The number of hydrogen-bond acceptors (Lipinski definition) is 5. The number of thioether (sulfide) groups is 1. The fraction of sp³-hybridized carbons (Fsp3) is 0.308. The topological polar surface area (TPSA) is 44.1 Å². The summed E-state index contributed by atoms with van der Waals surface area (Å²) in [5.74, 6) is 1.64. The van der Waals surface area contributed by atoms with Gasteiger partial charge in [-0.2, -0.15) is 0 Å². The molecule has 0 aliphatic heterocycles. The molecular formula is C26H26N2O2S2. The molecule has 0 amide bonds. The minimum atomic E-state index is 0.0121. The number of ether oxygens (including phenoxy) is 1. The van der Waals surface area contributed by atoms with Crippen molar-refractivity contribution in [3.8, 4) is 21.9 Å². The highest BCUT2D eigenvalue weighted by Crippen LogP contribution is 2.43. The number of unbranched alkanes of at least 4 members (excludes halogenated alkanes) is 1. The first kappa shape index (κ1) is 21.3. The van der Waals surface area contributed by atoms with Gasteiger partial charge < -0.3 is 4.74 Å². The summed E-state index contributed by atoms with van der Waals surface area (Å²) in [5.41, 5.74) is 4.53. The van der Waals surface area contributed by atoms with Crippen molar-refractivity contribution in [1.82, 2.24) is 9.55 Å². The average molecular weight is 463 g/mol. The van der Waals surface area contributed by atoms with Crippen molar-refractivity contribution in [2.24, 2.45) is 0 Å². The van der Waals surface area contributed by atoms with Crippen molar-refractivity contribution in [3.05, 3.63) is 70.0 Å². The smallest absolute Gasteiger partial charge is 0.267 e. The van der Waals surface area contributed by atoms with Crippen LogP contribution in [0.2, 0.25) is 0 Å². The zero-order valence-corrected chi connectivity index (χ0v) is 20.0. The van der Waals surface area contributed by atoms with E-state index in [2.05, 4.69) is 31.2 Å². The second-order valence-electron chi connectivity index (χ2n) is 7.88. The lowest BCUT2D eigenvalue weighted by atomic mass is 9.90. The Bertz CT molecular complexity index is 1340. The minimum absolute atomic E-state index is 0.0121. The van der Waals surface area contributed by atoms with E-state index in [1.165, 1.54) is 16.0 Å². The molecule has 2 aromatic heterocycles. The van der Waals surface area contributed by atoms with Gasteiger partial charge in [-0.1, -0.05) is 61.5 Å². The number of para-hydroxylation sites is 2. The predicted octanol–water partition coefficient (Wildman–Crippen LogP) is 6.50. The number of benzene rings is 2. The molecule has 0 bridgehead atoms. The van der Waals surface area contributed by atoms with E-state index in [4.69, 9.17) is 9.72 Å². The first-order chi connectivity index (χ1) is 15.7. The lowest BCUT2D eigenvalue weighted by molar-refractivity contribution is 0.338. The number of nitrogens with zero attached hydrogens (tertiary/aromatic N) is 2. The molecule has 5 rings (SSSR count). The monoisotopic (exact) mass is 462 g/mol. The van der Waals surface area contributed by atoms with Crippen molar-refractivity contribution in [2.75, 3.05) is 12.4 Å². The van der Waals surface area contributed by atoms with Gasteiger partial charge >= 0.3 is 0 Å². The Morgan fingerprint density at radius 2 is 1.91 bits per heavy atom. The lowest BCUT2D eigenvalue weighted by Gasteiger charge is -2.17. The molecule has 164 valence electrons. The number of hydrogen-bond donors (Lipinski definition) is 0. The van der Waals surface area contributed by atoms with Crippen molar-refractivity contribution in [1.29, 1.82) is 0 Å². The van der Waals surface area contributed by atoms with Crippen LogP contribution >= 0.6 is 23.1 Å². The second-order valence-corrected chi connectivity index (χ2v) is 9.95. The summed E-state index contributed by atoms with van der Waals surface area (Å²) in [6, 6.07) is 16.3. The maximum Gasteiger partial charge on any atom is 0.267 e. The van der Waals surface area contributed by atoms with Crippen molar-refractivity contribution < 1.29 is 4.74 Å². The number of rotatable bonds is 7. The van der Waals surface area contributed by atoms with Gasteiger partial charge in [0.25, 0.3) is 5.56 Å². The summed E-state index contributed by atoms with van der Waals surface area (Å²) in [6.07, 6.45) is 4.02. The quantitative estimate of drug-likeness (QED) is 0.179. The molecule has 32 heavy (non-hydrogen) atoms. The number of aromatic nitrogens is 2. The highest BCUT2D eigenvalue weighted by molar-refractivity contribution is 7.99. The highest BCUT2D eigenvalue weighted by atomic mass is 32.2. The van der Waals surface area contributed by atoms with Gasteiger partial charge in [-0.25, -0.2) is 4.98 Å². The van der Waals surface area contributed by atoms with Gasteiger partial charge in [0.2, 0.25) is 0 Å². The Kier molecular flexibility index (Phi) is 6.07. The minimum Gasteiger partial charge on any atom is -0.492 e. The standard InChI is InChI=1S/C26H26N2O2S2/c1-3-5-16-31-26-27-24-22(19-15-14-17-10-6-7-11-18(17)23(19)32-24)25(29)28(26)20-12-8-9-13-21(20)30-4-2/h6-13H,3-5,14-16H2,1-2H3. The van der Waals surface area contributed by atoms with E-state index in [1.807, 2.05) is 31.2 Å². The van der Waals surface area contributed by atoms with Crippen LogP contribution in [0.25, 0.3) is 26.3 Å². The van der Waals surface area contributed by atoms with Crippen molar-refractivity contribution in [2.45, 2.75) is 44.7 Å². The fourth-order valence-electron chi connectivity index (χ4n) is 4.30. The summed E-state index contributed by atoms with van der Waals surface area (Å²) in [4.78, 5) is 21.1. The van der Waals surface area contributed by atoms with Gasteiger partial charge in [0.05, 0.1) is 17.7 Å². The Hall–Kier alpha value is -2.57. The second kappa shape index (κ2) is 9.12. The van der Waals surface area contributed by atoms with Crippen LogP contribution in [0, 0.1) is 0 Å². The van der Waals surface area contributed by atoms with Crippen molar-refractivity contribution in [3.63, 3.8) is 0 Å². The van der Waals surface area contributed by atoms with Crippen LogP contribution < -0.4 is 10.3 Å². The Morgan fingerprint density at radius 3 is 2.75 bits per heavy atom. The first-order valence-electron chi connectivity index (χ1n) is 11.2. The molecular weight excluding hydrogens is 436 g/mol. The van der Waals surface area contributed by atoms with E-state index in [9.17, 15) is 4.79 Å². The normalized spacial score (nSPS) is 12.6. The zero-order valence-electron chi connectivity index (χ0n) is 18.4. The number of thiophene rings is 1. The molecule has 1 aliphatic rings. The van der Waals surface area contributed by atoms with Gasteiger partial charge in [-0.05, 0) is 55.0 Å². The molecule has 2 aromatic carbocycles. The van der Waals surface area contributed by atoms with E-state index in [-0.39, 0.29) is 5.56 Å². The summed E-state index contributed by atoms with van der Waals surface area (Å²) >= 11 is 3.32. The number of fused-ring (bicyclic) bond motifs is 5. The molecule has 4 nitrogen and oxygen atoms in total. The van der Waals surface area contributed by atoms with E-state index < -0.39 is 0 Å². The first-order valence-corrected chi connectivity index (χ1v) is 13.0. The molecule has 0 unspecified atom stereocenters. The molecule has 0 radical (unpaired) electrons. The predicted molar refractivity (Wildman–Crippen MR) is 135 cm³/mol. The largest absolute Gasteiger partial charge is 0.492 e. The van der Waals surface area contributed by atoms with Crippen molar-refractivity contribution >= 4 is 33.3 Å². The van der Waals surface area contributed by atoms with Crippen LogP contribution in [-0.2, 0) is 12.8 Å². The molecule has 0 spiro atoms. The van der Waals surface area contributed by atoms with Gasteiger partial charge in [-0.3, -0.25) is 9.36 Å². The van der Waals surface area contributed by atoms with Crippen LogP contribution in [0.4, 0.5) is 0 Å². The molecule has 0 N–H and O–H groups in total. The van der Waals surface area contributed by atoms with Gasteiger partial charge in [0.15, 0.2) is 5.16 Å². The third kappa shape index (κ3) is 3.65. The Morgan fingerprint density at radius 1 is 1.09 bits per heavy atom. The summed E-state index contributed by atoms with van der Waals surface area (Å²) in [5, 5.41) is 1.51. The number of aryl methyl sites for hydroxylation is 2. The van der Waals surface area contributed by atoms with E-state index >= 15 is 0 Å². The van der Waals surface area contributed by atoms with Crippen LogP contribution in [0.1, 0.15) is 37.8 Å². The Labute approximate surface area is 196 Å². The third-order valence-corrected chi connectivity index (χ3v) is 8.02. The molecule has 1 aliphatic carbocycles. The maximum atomic E-state index is 14.0. The fourth-order valence-corrected chi connectivity index (χ4v) is 6.71. The molecule has 2 heterocycles. The van der Waals surface area contributed by atoms with Gasteiger partial charge in [0, 0.05) is 10.6 Å². The summed E-state index contributed by atoms with van der Waals surface area (Å²) in [6.45, 7) is 4.69. The van der Waals surface area contributed by atoms with E-state index in [0.717, 1.165) is 58.1 Å². The molecule has 6 heteroatoms. The Balaban J connectivity index is 1.77. The highest BCUT2D eigenvalue weighted by Gasteiger charge is 2.26. The molecule has 0 saturated heterocycles. The lowest BCUT2D eigenvalue weighted by Crippen LogP contribution is -2.23. The SMILES string of the molecule is CCCCSc1nc2sc3c(c2c(=O)n1-c1ccccc1OCC)CCc1ccccc1-3. The molecule has 0 fully saturated rings. The van der Waals surface area contributed by atoms with Gasteiger partial charge in [-0.15, -0.1) is 11.3 Å². The zero-order chi connectivity index (χ0) is 22.1. The summed E-state index contributed by atoms with van der Waals surface area (Å²) < 4.78 is 7.66. The van der Waals surface area contributed by atoms with Crippen LogP contribution in [0.15, 0.2) is 58.5 Å². The summed E-state index contributed by atoms with van der Waals surface area (Å²) in [7, 11) is 0. The van der Waals surface area contributed by atoms with Gasteiger partial charge in [0.1, 0.15) is 10.6 Å². The van der Waals surface area contributed by atoms with Crippen LogP contribution in [-0.4, -0.2) is 21.9 Å². The average Bonchev–Trinajstić information content (AvgIpc) is 3.19. The maximum absolute atomic E-state index is 14.0. The van der Waals surface area contributed by atoms with Crippen LogP contribution in [0.3, 0.4) is 0 Å².